The molecule has 2 unspecified atom stereocenters. The highest BCUT2D eigenvalue weighted by molar-refractivity contribution is 9.10. The van der Waals surface area contributed by atoms with Crippen molar-refractivity contribution in [2.75, 3.05) is 0 Å². The van der Waals surface area contributed by atoms with Crippen LogP contribution in [0.1, 0.15) is 31.1 Å². The van der Waals surface area contributed by atoms with Gasteiger partial charge in [0.25, 0.3) is 0 Å². The van der Waals surface area contributed by atoms with Crippen LogP contribution in [-0.2, 0) is 15.7 Å². The van der Waals surface area contributed by atoms with E-state index < -0.39 is 34.7 Å². The molecular formula is C22H18BrF3N2O3S. The average molecular weight is 527 g/mol. The number of carbonyl (C=O) groups is 1. The number of aliphatic carboxylic acids is 1. The molecule has 3 atom stereocenters. The molecule has 2 aromatic carbocycles. The Hall–Kier alpha value is -2.30. The van der Waals surface area contributed by atoms with Crippen molar-refractivity contribution in [3.05, 3.63) is 70.5 Å². The Bertz CT molecular complexity index is 1230. The van der Waals surface area contributed by atoms with Crippen LogP contribution in [0.4, 0.5) is 13.2 Å². The van der Waals surface area contributed by atoms with Crippen LogP contribution in [0, 0.1) is 0 Å². The second-order valence-corrected chi connectivity index (χ2v) is 9.64. The van der Waals surface area contributed by atoms with Crippen molar-refractivity contribution in [1.82, 2.24) is 9.55 Å². The van der Waals surface area contributed by atoms with E-state index in [0.29, 0.717) is 5.03 Å². The number of alkyl halides is 3. The highest BCUT2D eigenvalue weighted by Gasteiger charge is 2.47. The summed E-state index contributed by atoms with van der Waals surface area (Å²) in [5, 5.41) is 9.37. The fourth-order valence-corrected chi connectivity index (χ4v) is 5.43. The van der Waals surface area contributed by atoms with Crippen LogP contribution in [0.3, 0.4) is 0 Å². The Morgan fingerprint density at radius 2 is 2.03 bits per heavy atom. The summed E-state index contributed by atoms with van der Waals surface area (Å²) in [6, 6.07) is 10.7. The maximum absolute atomic E-state index is 13.5. The summed E-state index contributed by atoms with van der Waals surface area (Å²) in [6.45, 7) is 3.07. The number of imidazole rings is 1. The molecule has 10 heteroatoms. The quantitative estimate of drug-likeness (QED) is 0.419. The maximum atomic E-state index is 13.5. The van der Waals surface area contributed by atoms with Crippen LogP contribution >= 0.6 is 27.7 Å². The van der Waals surface area contributed by atoms with Gasteiger partial charge in [0.2, 0.25) is 0 Å². The van der Waals surface area contributed by atoms with Gasteiger partial charge in [0.05, 0.1) is 27.7 Å². The van der Waals surface area contributed by atoms with Gasteiger partial charge in [0, 0.05) is 4.47 Å². The summed E-state index contributed by atoms with van der Waals surface area (Å²) < 4.78 is 49.0. The number of hydrogen-bond donors (Lipinski definition) is 1. The highest BCUT2D eigenvalue weighted by Crippen LogP contribution is 2.47. The fraction of sp³-hybridized carbons (Fsp3) is 0.273. The Morgan fingerprint density at radius 1 is 1.31 bits per heavy atom. The van der Waals surface area contributed by atoms with Crippen molar-refractivity contribution in [2.45, 2.75) is 37.0 Å². The molecule has 5 nitrogen and oxygen atoms in total. The van der Waals surface area contributed by atoms with Crippen molar-refractivity contribution in [3.8, 4) is 0 Å². The van der Waals surface area contributed by atoms with E-state index >= 15 is 0 Å². The van der Waals surface area contributed by atoms with Gasteiger partial charge in [-0.25, -0.2) is 4.98 Å². The SMILES string of the molecule is C[C@@H](OC1(C)C=C(n2cnc3ccc(Br)cc32)SC1C(=O)O)c1ccccc1C(F)(F)F. The third-order valence-electron chi connectivity index (χ3n) is 5.28. The first-order chi connectivity index (χ1) is 15.0. The molecule has 0 amide bonds. The van der Waals surface area contributed by atoms with Gasteiger partial charge < -0.3 is 9.84 Å². The molecular weight excluding hydrogens is 509 g/mol. The number of nitrogens with zero attached hydrogens (tertiary/aromatic N) is 2. The average Bonchev–Trinajstić information content (AvgIpc) is 3.27. The third-order valence-corrected chi connectivity index (χ3v) is 7.23. The number of thioether (sulfide) groups is 1. The first-order valence-corrected chi connectivity index (χ1v) is 11.3. The van der Waals surface area contributed by atoms with Crippen molar-refractivity contribution in [3.63, 3.8) is 0 Å². The number of ether oxygens (including phenoxy) is 1. The standard InChI is InChI=1S/C22H18BrF3N2O3S/c1-12(14-5-3-4-6-15(14)22(24,25)26)31-21(2)10-18(32-19(21)20(29)30)28-11-27-16-8-7-13(23)9-17(16)28/h3-12,19H,1-2H3,(H,29,30)/t12-,19?,21?/m1/s1. The summed E-state index contributed by atoms with van der Waals surface area (Å²) in [5.74, 6) is -1.12. The molecule has 1 aromatic heterocycles. The Balaban J connectivity index is 1.72. The smallest absolute Gasteiger partial charge is 0.416 e. The summed E-state index contributed by atoms with van der Waals surface area (Å²) in [5.41, 5.74) is -0.713. The molecule has 0 saturated heterocycles. The number of carboxylic acid groups (broad SMARTS) is 1. The lowest BCUT2D eigenvalue weighted by Crippen LogP contribution is -2.41. The molecule has 3 aromatic rings. The predicted octanol–water partition coefficient (Wildman–Crippen LogP) is 6.35. The minimum Gasteiger partial charge on any atom is -0.480 e. The number of hydrogen-bond acceptors (Lipinski definition) is 4. The van der Waals surface area contributed by atoms with Gasteiger partial charge in [-0.05, 0) is 49.8 Å². The zero-order chi connectivity index (χ0) is 23.3. The molecule has 4 rings (SSSR count). The Labute approximate surface area is 194 Å². The van der Waals surface area contributed by atoms with Gasteiger partial charge in [-0.3, -0.25) is 9.36 Å². The molecule has 2 heterocycles. The van der Waals surface area contributed by atoms with Crippen molar-refractivity contribution >= 4 is 49.7 Å². The lowest BCUT2D eigenvalue weighted by molar-refractivity contribution is -0.146. The number of halogens is 4. The molecule has 32 heavy (non-hydrogen) atoms. The predicted molar refractivity (Wildman–Crippen MR) is 120 cm³/mol. The number of benzene rings is 2. The lowest BCUT2D eigenvalue weighted by atomic mass is 9.98. The lowest BCUT2D eigenvalue weighted by Gasteiger charge is -2.31. The highest BCUT2D eigenvalue weighted by atomic mass is 79.9. The second-order valence-electron chi connectivity index (χ2n) is 7.60. The van der Waals surface area contributed by atoms with E-state index in [1.165, 1.54) is 25.1 Å². The van der Waals surface area contributed by atoms with Crippen LogP contribution < -0.4 is 0 Å². The number of fused-ring (bicyclic) bond motifs is 1. The molecule has 168 valence electrons. The van der Waals surface area contributed by atoms with Crippen molar-refractivity contribution in [2.24, 2.45) is 0 Å². The van der Waals surface area contributed by atoms with Gasteiger partial charge in [0.1, 0.15) is 17.2 Å². The number of rotatable bonds is 5. The number of carboxylic acids is 1. The third kappa shape index (κ3) is 4.18. The van der Waals surface area contributed by atoms with E-state index in [-0.39, 0.29) is 5.56 Å². The largest absolute Gasteiger partial charge is 0.480 e. The van der Waals surface area contributed by atoms with E-state index in [4.69, 9.17) is 4.74 Å². The molecule has 0 saturated carbocycles. The number of aromatic nitrogens is 2. The Morgan fingerprint density at radius 3 is 2.72 bits per heavy atom. The summed E-state index contributed by atoms with van der Waals surface area (Å²) in [6.07, 6.45) is -2.31. The zero-order valence-electron chi connectivity index (χ0n) is 16.9. The molecule has 1 aliphatic heterocycles. The summed E-state index contributed by atoms with van der Waals surface area (Å²) in [7, 11) is 0. The van der Waals surface area contributed by atoms with Crippen LogP contribution in [0.5, 0.6) is 0 Å². The van der Waals surface area contributed by atoms with E-state index in [2.05, 4.69) is 20.9 Å². The molecule has 0 spiro atoms. The molecule has 0 radical (unpaired) electrons. The first kappa shape index (κ1) is 22.9. The van der Waals surface area contributed by atoms with Gasteiger partial charge in [-0.2, -0.15) is 13.2 Å². The van der Waals surface area contributed by atoms with Crippen molar-refractivity contribution in [1.29, 1.82) is 0 Å². The summed E-state index contributed by atoms with van der Waals surface area (Å²) in [4.78, 5) is 16.4. The topological polar surface area (TPSA) is 64.4 Å². The molecule has 0 bridgehead atoms. The maximum Gasteiger partial charge on any atom is 0.416 e. The van der Waals surface area contributed by atoms with Crippen LogP contribution in [0.15, 0.2) is 59.3 Å². The normalized spacial score (nSPS) is 22.2. The fourth-order valence-electron chi connectivity index (χ4n) is 3.82. The molecule has 1 N–H and O–H groups in total. The van der Waals surface area contributed by atoms with E-state index in [9.17, 15) is 23.1 Å². The summed E-state index contributed by atoms with van der Waals surface area (Å²) >= 11 is 4.49. The minimum atomic E-state index is -4.55. The second kappa shape index (κ2) is 8.24. The zero-order valence-corrected chi connectivity index (χ0v) is 19.3. The minimum absolute atomic E-state index is 0.0470. The molecule has 0 aliphatic carbocycles. The molecule has 0 fully saturated rings. The van der Waals surface area contributed by atoms with Gasteiger partial charge in [-0.15, -0.1) is 0 Å². The van der Waals surface area contributed by atoms with E-state index in [1.54, 1.807) is 23.9 Å². The van der Waals surface area contributed by atoms with Crippen LogP contribution in [-0.4, -0.2) is 31.5 Å². The van der Waals surface area contributed by atoms with Gasteiger partial charge in [0.15, 0.2) is 0 Å². The van der Waals surface area contributed by atoms with Gasteiger partial charge in [-0.1, -0.05) is 45.9 Å². The molecule has 1 aliphatic rings. The van der Waals surface area contributed by atoms with Crippen LogP contribution in [0.2, 0.25) is 0 Å². The monoisotopic (exact) mass is 526 g/mol. The van der Waals surface area contributed by atoms with E-state index in [1.807, 2.05) is 18.2 Å². The van der Waals surface area contributed by atoms with Gasteiger partial charge >= 0.3 is 12.1 Å². The van der Waals surface area contributed by atoms with E-state index in [0.717, 1.165) is 33.3 Å². The van der Waals surface area contributed by atoms with Crippen LogP contribution in [0.25, 0.3) is 16.1 Å². The first-order valence-electron chi connectivity index (χ1n) is 9.59. The van der Waals surface area contributed by atoms with Crippen molar-refractivity contribution < 1.29 is 27.8 Å². The Kier molecular flexibility index (Phi) is 5.89.